The summed E-state index contributed by atoms with van der Waals surface area (Å²) in [6.45, 7) is 5.63. The van der Waals surface area contributed by atoms with E-state index in [0.717, 1.165) is 4.90 Å². The zero-order valence-electron chi connectivity index (χ0n) is 20.3. The minimum absolute atomic E-state index is 0.191. The first kappa shape index (κ1) is 26.9. The van der Waals surface area contributed by atoms with E-state index in [1.807, 2.05) is 6.92 Å². The van der Waals surface area contributed by atoms with Crippen molar-refractivity contribution in [2.45, 2.75) is 26.4 Å². The van der Waals surface area contributed by atoms with Crippen LogP contribution in [0.1, 0.15) is 20.3 Å². The number of rotatable bonds is 14. The van der Waals surface area contributed by atoms with Gasteiger partial charge >= 0.3 is 11.9 Å². The van der Waals surface area contributed by atoms with Crippen LogP contribution in [0.3, 0.4) is 0 Å². The quantitative estimate of drug-likeness (QED) is 0.165. The summed E-state index contributed by atoms with van der Waals surface area (Å²) in [6, 6.07) is 8.53. The highest BCUT2D eigenvalue weighted by atomic mass is 16.6. The molecule has 0 radical (unpaired) electrons. The summed E-state index contributed by atoms with van der Waals surface area (Å²) in [4.78, 5) is 52.8. The summed E-state index contributed by atoms with van der Waals surface area (Å²) in [5.41, 5.74) is 0.409. The van der Waals surface area contributed by atoms with Crippen molar-refractivity contribution in [1.82, 2.24) is 0 Å². The molecule has 1 aromatic carbocycles. The van der Waals surface area contributed by atoms with E-state index in [0.29, 0.717) is 38.5 Å². The zero-order valence-corrected chi connectivity index (χ0v) is 20.3. The maximum Gasteiger partial charge on any atom is 0.318 e. The summed E-state index contributed by atoms with van der Waals surface area (Å²) >= 11 is 0. The summed E-state index contributed by atoms with van der Waals surface area (Å²) in [5.74, 6) is -6.32. The van der Waals surface area contributed by atoms with Gasteiger partial charge in [-0.25, -0.2) is 4.90 Å². The molecule has 1 aromatic rings. The molecule has 5 atom stereocenters. The van der Waals surface area contributed by atoms with Crippen LogP contribution in [0.4, 0.5) is 5.69 Å². The van der Waals surface area contributed by atoms with Gasteiger partial charge in [-0.2, -0.15) is 0 Å². The molecule has 2 heterocycles. The predicted molar refractivity (Wildman–Crippen MR) is 123 cm³/mol. The van der Waals surface area contributed by atoms with E-state index in [1.165, 1.54) is 0 Å². The summed E-state index contributed by atoms with van der Waals surface area (Å²) in [6.07, 6.45) is -0.227. The van der Waals surface area contributed by atoms with E-state index in [9.17, 15) is 19.2 Å². The molecule has 2 aliphatic heterocycles. The SMILES string of the molecule is CCC(OCCOCCOCCOC)C1C(=O)N(c2ccccc2)C(=O)C1C1C(=O)OC(=O)C1C. The van der Waals surface area contributed by atoms with Gasteiger partial charge in [-0.15, -0.1) is 0 Å². The van der Waals surface area contributed by atoms with Gasteiger partial charge in [0.1, 0.15) is 0 Å². The van der Waals surface area contributed by atoms with Crippen LogP contribution in [0, 0.1) is 23.7 Å². The first-order valence-corrected chi connectivity index (χ1v) is 11.9. The van der Waals surface area contributed by atoms with E-state index < -0.39 is 53.5 Å². The molecule has 10 nitrogen and oxygen atoms in total. The van der Waals surface area contributed by atoms with E-state index in [-0.39, 0.29) is 13.2 Å². The standard InChI is InChI=1S/C25H33NO9/c1-4-18(34-15-14-33-13-12-32-11-10-31-3)20-21(19-16(2)24(29)35-25(19)30)23(28)26(22(20)27)17-8-6-5-7-9-17/h5-9,16,18-21H,4,10-15H2,1-3H3. The molecule has 0 bridgehead atoms. The fourth-order valence-corrected chi connectivity index (χ4v) is 4.58. The van der Waals surface area contributed by atoms with Gasteiger partial charge < -0.3 is 23.7 Å². The molecule has 5 unspecified atom stereocenters. The average Bonchev–Trinajstić information content (AvgIpc) is 3.25. The van der Waals surface area contributed by atoms with E-state index >= 15 is 0 Å². The van der Waals surface area contributed by atoms with Crippen molar-refractivity contribution in [3.63, 3.8) is 0 Å². The summed E-state index contributed by atoms with van der Waals surface area (Å²) in [5, 5.41) is 0. The monoisotopic (exact) mass is 491 g/mol. The Morgan fingerprint density at radius 2 is 1.49 bits per heavy atom. The lowest BCUT2D eigenvalue weighted by Crippen LogP contribution is -2.40. The van der Waals surface area contributed by atoms with Crippen molar-refractivity contribution in [1.29, 1.82) is 0 Å². The molecule has 35 heavy (non-hydrogen) atoms. The maximum absolute atomic E-state index is 13.6. The third-order valence-electron chi connectivity index (χ3n) is 6.35. The molecule has 0 N–H and O–H groups in total. The van der Waals surface area contributed by atoms with Gasteiger partial charge in [-0.3, -0.25) is 19.2 Å². The number of amides is 2. The van der Waals surface area contributed by atoms with Crippen LogP contribution in [-0.2, 0) is 42.9 Å². The number of esters is 2. The number of ether oxygens (including phenoxy) is 5. The van der Waals surface area contributed by atoms with Crippen LogP contribution in [0.25, 0.3) is 0 Å². The molecule has 0 aliphatic carbocycles. The van der Waals surface area contributed by atoms with Gasteiger partial charge in [0.2, 0.25) is 11.8 Å². The molecule has 2 aliphatic rings. The van der Waals surface area contributed by atoms with Crippen LogP contribution in [0.2, 0.25) is 0 Å². The summed E-state index contributed by atoms with van der Waals surface area (Å²) in [7, 11) is 1.60. The average molecular weight is 492 g/mol. The Balaban J connectivity index is 1.72. The number of methoxy groups -OCH3 is 1. The smallest absolute Gasteiger partial charge is 0.318 e. The fraction of sp³-hybridized carbons (Fsp3) is 0.600. The molecular weight excluding hydrogens is 458 g/mol. The van der Waals surface area contributed by atoms with Crippen LogP contribution >= 0.6 is 0 Å². The second-order valence-corrected chi connectivity index (χ2v) is 8.49. The Labute approximate surface area is 204 Å². The highest BCUT2D eigenvalue weighted by molar-refractivity contribution is 6.23. The van der Waals surface area contributed by atoms with Crippen molar-refractivity contribution in [3.8, 4) is 0 Å². The second kappa shape index (κ2) is 12.9. The molecule has 0 saturated carbocycles. The number of anilines is 1. The normalized spacial score (nSPS) is 25.4. The number of hydrogen-bond donors (Lipinski definition) is 0. The highest BCUT2D eigenvalue weighted by Gasteiger charge is 2.60. The zero-order chi connectivity index (χ0) is 25.4. The first-order valence-electron chi connectivity index (χ1n) is 11.9. The number of carbonyl (C=O) groups excluding carboxylic acids is 4. The number of cyclic esters (lactones) is 2. The number of imide groups is 1. The lowest BCUT2D eigenvalue weighted by Gasteiger charge is -2.27. The van der Waals surface area contributed by atoms with Crippen molar-refractivity contribution < 1.29 is 42.9 Å². The van der Waals surface area contributed by atoms with Crippen LogP contribution in [0.5, 0.6) is 0 Å². The van der Waals surface area contributed by atoms with Crippen molar-refractivity contribution in [2.75, 3.05) is 51.7 Å². The maximum atomic E-state index is 13.6. The van der Waals surface area contributed by atoms with Gasteiger partial charge in [0, 0.05) is 7.11 Å². The largest absolute Gasteiger partial charge is 0.393 e. The van der Waals surface area contributed by atoms with Crippen LogP contribution < -0.4 is 4.90 Å². The molecule has 2 fully saturated rings. The van der Waals surface area contributed by atoms with Gasteiger partial charge in [0.25, 0.3) is 0 Å². The first-order chi connectivity index (χ1) is 16.9. The van der Waals surface area contributed by atoms with Gasteiger partial charge in [-0.05, 0) is 18.6 Å². The van der Waals surface area contributed by atoms with Crippen molar-refractivity contribution in [2.24, 2.45) is 23.7 Å². The topological polar surface area (TPSA) is 118 Å². The molecule has 2 amide bonds. The number of benzene rings is 1. The lowest BCUT2D eigenvalue weighted by atomic mass is 9.75. The Morgan fingerprint density at radius 3 is 2.06 bits per heavy atom. The van der Waals surface area contributed by atoms with Crippen molar-refractivity contribution >= 4 is 29.4 Å². The molecule has 0 aromatic heterocycles. The number of hydrogen-bond acceptors (Lipinski definition) is 9. The van der Waals surface area contributed by atoms with E-state index in [2.05, 4.69) is 0 Å². The Morgan fingerprint density at radius 1 is 0.857 bits per heavy atom. The summed E-state index contributed by atoms with van der Waals surface area (Å²) < 4.78 is 26.5. The van der Waals surface area contributed by atoms with E-state index in [4.69, 9.17) is 23.7 Å². The van der Waals surface area contributed by atoms with Crippen LogP contribution in [0.15, 0.2) is 30.3 Å². The third-order valence-corrected chi connectivity index (χ3v) is 6.35. The minimum atomic E-state index is -1.06. The Bertz CT molecular complexity index is 890. The van der Waals surface area contributed by atoms with Crippen LogP contribution in [-0.4, -0.2) is 76.6 Å². The van der Waals surface area contributed by atoms with Gasteiger partial charge in [0.05, 0.1) is 75.1 Å². The second-order valence-electron chi connectivity index (χ2n) is 8.49. The third kappa shape index (κ3) is 6.13. The molecule has 3 rings (SSSR count). The molecular formula is C25H33NO9. The lowest BCUT2D eigenvalue weighted by molar-refractivity contribution is -0.155. The number of nitrogens with zero attached hydrogens (tertiary/aromatic N) is 1. The molecule has 2 saturated heterocycles. The molecule has 10 heteroatoms. The number of carbonyl (C=O) groups is 4. The van der Waals surface area contributed by atoms with Gasteiger partial charge in [-0.1, -0.05) is 32.0 Å². The Hall–Kier alpha value is -2.66. The Kier molecular flexibility index (Phi) is 9.91. The van der Waals surface area contributed by atoms with Gasteiger partial charge in [0.15, 0.2) is 0 Å². The number of para-hydroxylation sites is 1. The fourth-order valence-electron chi connectivity index (χ4n) is 4.58. The molecule has 0 spiro atoms. The van der Waals surface area contributed by atoms with E-state index in [1.54, 1.807) is 44.4 Å². The highest BCUT2D eigenvalue weighted by Crippen LogP contribution is 2.44. The van der Waals surface area contributed by atoms with Crippen molar-refractivity contribution in [3.05, 3.63) is 30.3 Å². The molecule has 192 valence electrons. The predicted octanol–water partition coefficient (Wildman–Crippen LogP) is 1.60. The minimum Gasteiger partial charge on any atom is -0.393 e.